The largest absolute Gasteiger partial charge is 0.490 e. The van der Waals surface area contributed by atoms with E-state index in [1.165, 1.54) is 0 Å². The maximum atomic E-state index is 13.1. The molecule has 0 saturated carbocycles. The summed E-state index contributed by atoms with van der Waals surface area (Å²) in [6.07, 6.45) is 4.66. The highest BCUT2D eigenvalue weighted by molar-refractivity contribution is 5.94. The molecule has 1 N–H and O–H groups in total. The Morgan fingerprint density at radius 1 is 1.12 bits per heavy atom. The van der Waals surface area contributed by atoms with Gasteiger partial charge in [-0.05, 0) is 74.2 Å². The second-order valence-corrected chi connectivity index (χ2v) is 8.76. The average Bonchev–Trinajstić information content (AvgIpc) is 3.19. The summed E-state index contributed by atoms with van der Waals surface area (Å²) in [7, 11) is 0. The predicted molar refractivity (Wildman–Crippen MR) is 125 cm³/mol. The molecular weight excluding hydrogens is 400 g/mol. The van der Waals surface area contributed by atoms with Crippen LogP contribution in [0.2, 0.25) is 0 Å². The number of piperidine rings is 1. The summed E-state index contributed by atoms with van der Waals surface area (Å²) in [5.41, 5.74) is 4.04. The van der Waals surface area contributed by atoms with Gasteiger partial charge in [-0.3, -0.25) is 4.79 Å². The molecule has 4 heterocycles. The zero-order chi connectivity index (χ0) is 22.1. The van der Waals surface area contributed by atoms with Crippen molar-refractivity contribution in [2.24, 2.45) is 0 Å². The Morgan fingerprint density at radius 2 is 1.97 bits per heavy atom. The van der Waals surface area contributed by atoms with Gasteiger partial charge < -0.3 is 15.0 Å². The fraction of sp³-hybridized carbons (Fsp3) is 0.346. The summed E-state index contributed by atoms with van der Waals surface area (Å²) in [5.74, 6) is 3.00. The van der Waals surface area contributed by atoms with Crippen LogP contribution in [-0.4, -0.2) is 40.0 Å². The number of likely N-dealkylation sites (tertiary alicyclic amines) is 1. The minimum atomic E-state index is 0.111. The van der Waals surface area contributed by atoms with Gasteiger partial charge in [-0.1, -0.05) is 12.1 Å². The Balaban J connectivity index is 1.23. The second kappa shape index (κ2) is 8.61. The predicted octanol–water partition coefficient (Wildman–Crippen LogP) is 4.87. The molecule has 0 aliphatic carbocycles. The fourth-order valence-electron chi connectivity index (χ4n) is 4.60. The quantitative estimate of drug-likeness (QED) is 0.642. The number of hydrogen-bond donors (Lipinski definition) is 1. The maximum Gasteiger partial charge on any atom is 0.253 e. The van der Waals surface area contributed by atoms with E-state index in [0.717, 1.165) is 72.1 Å². The molecule has 0 unspecified atom stereocenters. The van der Waals surface area contributed by atoms with Gasteiger partial charge in [0, 0.05) is 42.9 Å². The molecule has 2 aliphatic heterocycles. The zero-order valence-corrected chi connectivity index (χ0v) is 18.5. The van der Waals surface area contributed by atoms with Gasteiger partial charge in [0.1, 0.15) is 23.5 Å². The first kappa shape index (κ1) is 20.5. The zero-order valence-electron chi connectivity index (χ0n) is 18.5. The molecule has 2 aliphatic rings. The average molecular weight is 429 g/mol. The molecule has 164 valence electrons. The van der Waals surface area contributed by atoms with E-state index >= 15 is 0 Å². The Labute approximate surface area is 188 Å². The molecule has 0 bridgehead atoms. The Morgan fingerprint density at radius 3 is 2.78 bits per heavy atom. The number of carbonyl (C=O) groups is 1. The number of anilines is 2. The third-order valence-corrected chi connectivity index (χ3v) is 6.37. The third-order valence-electron chi connectivity index (χ3n) is 6.37. The van der Waals surface area contributed by atoms with Crippen molar-refractivity contribution in [1.82, 2.24) is 14.9 Å². The number of hydrogen-bond acceptors (Lipinski definition) is 5. The number of aromatic nitrogens is 2. The standard InChI is InChI=1S/C26H28N4O2/c1-17-5-4-12-27-25(17)29-24-7-3-6-22(28-24)19-10-13-30(14-11-19)26(31)20-8-9-23-21(16-20)15-18(2)32-23/h3-9,12,16,18-19H,10-11,13-15H2,1-2H3,(H,27,28,29)/t18-/m0/s1. The van der Waals surface area contributed by atoms with Gasteiger partial charge in [0.25, 0.3) is 5.91 Å². The highest BCUT2D eigenvalue weighted by Crippen LogP contribution is 2.32. The smallest absolute Gasteiger partial charge is 0.253 e. The second-order valence-electron chi connectivity index (χ2n) is 8.76. The van der Waals surface area contributed by atoms with Crippen molar-refractivity contribution in [3.05, 3.63) is 77.1 Å². The monoisotopic (exact) mass is 428 g/mol. The molecule has 32 heavy (non-hydrogen) atoms. The van der Waals surface area contributed by atoms with Crippen LogP contribution in [0.15, 0.2) is 54.7 Å². The van der Waals surface area contributed by atoms with E-state index in [1.54, 1.807) is 6.20 Å². The van der Waals surface area contributed by atoms with Crippen molar-refractivity contribution in [3.8, 4) is 5.75 Å². The summed E-state index contributed by atoms with van der Waals surface area (Å²) >= 11 is 0. The maximum absolute atomic E-state index is 13.1. The van der Waals surface area contributed by atoms with Crippen LogP contribution in [0.4, 0.5) is 11.6 Å². The van der Waals surface area contributed by atoms with Gasteiger partial charge in [0.2, 0.25) is 0 Å². The van der Waals surface area contributed by atoms with Gasteiger partial charge in [-0.15, -0.1) is 0 Å². The van der Waals surface area contributed by atoms with E-state index in [1.807, 2.05) is 54.3 Å². The van der Waals surface area contributed by atoms with Crippen molar-refractivity contribution < 1.29 is 9.53 Å². The van der Waals surface area contributed by atoms with E-state index in [4.69, 9.17) is 9.72 Å². The number of ether oxygens (including phenoxy) is 1. The van der Waals surface area contributed by atoms with E-state index < -0.39 is 0 Å². The number of amides is 1. The van der Waals surface area contributed by atoms with Gasteiger partial charge >= 0.3 is 0 Å². The number of benzene rings is 1. The van der Waals surface area contributed by atoms with E-state index in [-0.39, 0.29) is 12.0 Å². The van der Waals surface area contributed by atoms with Crippen molar-refractivity contribution in [3.63, 3.8) is 0 Å². The molecule has 1 saturated heterocycles. The van der Waals surface area contributed by atoms with Gasteiger partial charge in [-0.2, -0.15) is 0 Å². The summed E-state index contributed by atoms with van der Waals surface area (Å²) in [6, 6.07) is 15.9. The van der Waals surface area contributed by atoms with E-state index in [9.17, 15) is 4.79 Å². The van der Waals surface area contributed by atoms with Gasteiger partial charge in [-0.25, -0.2) is 9.97 Å². The lowest BCUT2D eigenvalue weighted by molar-refractivity contribution is 0.0712. The molecule has 0 spiro atoms. The summed E-state index contributed by atoms with van der Waals surface area (Å²) in [4.78, 5) is 24.3. The molecule has 2 aromatic heterocycles. The number of pyridine rings is 2. The molecule has 1 fully saturated rings. The molecule has 5 rings (SSSR count). The van der Waals surface area contributed by atoms with E-state index in [2.05, 4.69) is 23.3 Å². The van der Waals surface area contributed by atoms with Crippen molar-refractivity contribution >= 4 is 17.5 Å². The first-order valence-electron chi connectivity index (χ1n) is 11.3. The van der Waals surface area contributed by atoms with Crippen LogP contribution in [-0.2, 0) is 6.42 Å². The van der Waals surface area contributed by atoms with E-state index in [0.29, 0.717) is 5.92 Å². The van der Waals surface area contributed by atoms with Crippen molar-refractivity contribution in [1.29, 1.82) is 0 Å². The molecule has 0 radical (unpaired) electrons. The summed E-state index contributed by atoms with van der Waals surface area (Å²) in [6.45, 7) is 5.57. The number of fused-ring (bicyclic) bond motifs is 1. The highest BCUT2D eigenvalue weighted by Gasteiger charge is 2.27. The third kappa shape index (κ3) is 4.17. The van der Waals surface area contributed by atoms with Crippen LogP contribution in [0.25, 0.3) is 0 Å². The summed E-state index contributed by atoms with van der Waals surface area (Å²) < 4.78 is 5.76. The van der Waals surface area contributed by atoms with Crippen molar-refractivity contribution in [2.45, 2.75) is 45.1 Å². The van der Waals surface area contributed by atoms with Crippen molar-refractivity contribution in [2.75, 3.05) is 18.4 Å². The van der Waals surface area contributed by atoms with Crippen LogP contribution in [0, 0.1) is 6.92 Å². The number of nitrogens with zero attached hydrogens (tertiary/aromatic N) is 3. The minimum absolute atomic E-state index is 0.111. The number of nitrogens with one attached hydrogen (secondary N) is 1. The normalized spacial score (nSPS) is 18.2. The van der Waals surface area contributed by atoms with Crippen LogP contribution in [0.5, 0.6) is 5.75 Å². The fourth-order valence-corrected chi connectivity index (χ4v) is 4.60. The molecule has 1 atom stereocenters. The van der Waals surface area contributed by atoms with Crippen LogP contribution >= 0.6 is 0 Å². The molecule has 1 aromatic carbocycles. The molecule has 6 heteroatoms. The first-order valence-corrected chi connectivity index (χ1v) is 11.3. The Bertz CT molecular complexity index is 1140. The Hall–Kier alpha value is -3.41. The van der Waals surface area contributed by atoms with Gasteiger partial charge in [0.15, 0.2) is 0 Å². The van der Waals surface area contributed by atoms with Gasteiger partial charge in [0.05, 0.1) is 0 Å². The first-order chi connectivity index (χ1) is 15.6. The molecular formula is C26H28N4O2. The van der Waals surface area contributed by atoms with Crippen LogP contribution in [0.1, 0.15) is 52.9 Å². The highest BCUT2D eigenvalue weighted by atomic mass is 16.5. The molecule has 1 amide bonds. The lowest BCUT2D eigenvalue weighted by Crippen LogP contribution is -2.38. The summed E-state index contributed by atoms with van der Waals surface area (Å²) in [5, 5.41) is 3.33. The molecule has 3 aromatic rings. The lowest BCUT2D eigenvalue weighted by atomic mass is 9.92. The molecule has 6 nitrogen and oxygen atoms in total. The SMILES string of the molecule is Cc1cccnc1Nc1cccc(C2CCN(C(=O)c3ccc4c(c3)C[C@H](C)O4)CC2)n1. The topological polar surface area (TPSA) is 67.4 Å². The van der Waals surface area contributed by atoms with Crippen LogP contribution < -0.4 is 10.1 Å². The van der Waals surface area contributed by atoms with Crippen LogP contribution in [0.3, 0.4) is 0 Å². The number of rotatable bonds is 4. The Kier molecular flexibility index (Phi) is 5.52. The number of aryl methyl sites for hydroxylation is 1. The number of carbonyl (C=O) groups excluding carboxylic acids is 1. The minimum Gasteiger partial charge on any atom is -0.490 e. The lowest BCUT2D eigenvalue weighted by Gasteiger charge is -2.32.